The zero-order chi connectivity index (χ0) is 39.0. The third-order valence-electron chi connectivity index (χ3n) is 12.0. The summed E-state index contributed by atoms with van der Waals surface area (Å²) >= 11 is 0. The third kappa shape index (κ3) is 6.65. The Morgan fingerprint density at radius 2 is 1.71 bits per heavy atom. The van der Waals surface area contributed by atoms with Crippen LogP contribution in [0.5, 0.6) is 5.75 Å². The van der Waals surface area contributed by atoms with Crippen LogP contribution in [0.3, 0.4) is 0 Å². The summed E-state index contributed by atoms with van der Waals surface area (Å²) in [6, 6.07) is 34.1. The number of nitrogens with zero attached hydrogens (tertiary/aromatic N) is 6. The van der Waals surface area contributed by atoms with E-state index in [1.54, 1.807) is 7.11 Å². The van der Waals surface area contributed by atoms with Crippen molar-refractivity contribution in [1.29, 1.82) is 0 Å². The van der Waals surface area contributed by atoms with E-state index in [0.29, 0.717) is 44.5 Å². The van der Waals surface area contributed by atoms with Gasteiger partial charge in [0.05, 0.1) is 50.6 Å². The molecule has 4 heterocycles. The maximum absolute atomic E-state index is 15.3. The van der Waals surface area contributed by atoms with Crippen LogP contribution in [0.1, 0.15) is 48.6 Å². The van der Waals surface area contributed by atoms with Crippen LogP contribution in [0, 0.1) is 5.92 Å². The standard InChI is InChI=1S/C44H48N6O5Si/c1-30-42(56(3,4)36-19-17-35(54-2)18-20-36)40(23-25-48-29-33(24-26-51)45-47-48)55-44(30)37-15-8-9-16-39(37)49(43(44)53)28-31-11-10-14-34(27-31)50-41(52)22-21-38(46-50)32-12-6-5-7-13-32/h5-20,27,29-30,40,42,51H,21-26,28H2,1-4H3/t30-,40+,42-,44+/m1/s1. The maximum Gasteiger partial charge on any atom is 0.264 e. The van der Waals surface area contributed by atoms with E-state index in [1.807, 2.05) is 107 Å². The van der Waals surface area contributed by atoms with Crippen molar-refractivity contribution in [3.63, 3.8) is 0 Å². The zero-order valence-electron chi connectivity index (χ0n) is 32.3. The van der Waals surface area contributed by atoms with Crippen molar-refractivity contribution >= 4 is 42.2 Å². The van der Waals surface area contributed by atoms with Crippen LogP contribution in [0.4, 0.5) is 11.4 Å². The minimum absolute atomic E-state index is 0.00993. The Balaban J connectivity index is 1.13. The Kier molecular flexibility index (Phi) is 10.2. The van der Waals surface area contributed by atoms with Crippen LogP contribution in [0.2, 0.25) is 18.6 Å². The molecule has 1 fully saturated rings. The molecule has 11 nitrogen and oxygen atoms in total. The van der Waals surface area contributed by atoms with Gasteiger partial charge in [0.15, 0.2) is 5.60 Å². The number of fused-ring (bicyclic) bond motifs is 2. The number of carbonyl (C=O) groups is 2. The first kappa shape index (κ1) is 37.5. The van der Waals surface area contributed by atoms with Gasteiger partial charge in [-0.3, -0.25) is 14.3 Å². The first-order valence-corrected chi connectivity index (χ1v) is 22.5. The summed E-state index contributed by atoms with van der Waals surface area (Å²) < 4.78 is 14.6. The molecule has 4 aromatic carbocycles. The van der Waals surface area contributed by atoms with Crippen LogP contribution < -0.4 is 19.8 Å². The van der Waals surface area contributed by atoms with E-state index in [0.717, 1.165) is 39.5 Å². The number of hydrogen-bond acceptors (Lipinski definition) is 8. The molecule has 0 aliphatic carbocycles. The van der Waals surface area contributed by atoms with Gasteiger partial charge in [-0.25, -0.2) is 5.01 Å². The highest BCUT2D eigenvalue weighted by atomic mass is 28.3. The lowest BCUT2D eigenvalue weighted by molar-refractivity contribution is -0.146. The highest BCUT2D eigenvalue weighted by Crippen LogP contribution is 2.60. The quantitative estimate of drug-likeness (QED) is 0.150. The second kappa shape index (κ2) is 15.2. The number of aromatic nitrogens is 3. The average molecular weight is 769 g/mol. The van der Waals surface area contributed by atoms with Crippen molar-refractivity contribution in [2.75, 3.05) is 23.6 Å². The highest BCUT2D eigenvalue weighted by molar-refractivity contribution is 6.91. The molecule has 3 aliphatic heterocycles. The number of aliphatic hydroxyl groups is 1. The molecule has 3 aliphatic rings. The van der Waals surface area contributed by atoms with Gasteiger partial charge in [-0.15, -0.1) is 5.10 Å². The zero-order valence-corrected chi connectivity index (χ0v) is 33.3. The second-order valence-corrected chi connectivity index (χ2v) is 20.3. The molecular formula is C44H48N6O5Si. The van der Waals surface area contributed by atoms with E-state index in [1.165, 1.54) is 10.2 Å². The molecule has 0 radical (unpaired) electrons. The van der Waals surface area contributed by atoms with E-state index < -0.39 is 13.7 Å². The van der Waals surface area contributed by atoms with Gasteiger partial charge < -0.3 is 19.5 Å². The number of aryl methyl sites for hydroxylation is 1. The number of benzene rings is 4. The molecule has 1 saturated heterocycles. The molecular weight excluding hydrogens is 721 g/mol. The van der Waals surface area contributed by atoms with Gasteiger partial charge in [0, 0.05) is 50.1 Å². The molecule has 12 heteroatoms. The number of hydrazone groups is 1. The fourth-order valence-corrected chi connectivity index (χ4v) is 13.3. The Bertz CT molecular complexity index is 2260. The lowest BCUT2D eigenvalue weighted by Gasteiger charge is -2.37. The molecule has 1 N–H and O–H groups in total. The van der Waals surface area contributed by atoms with Crippen LogP contribution in [-0.2, 0) is 39.4 Å². The summed E-state index contributed by atoms with van der Waals surface area (Å²) in [4.78, 5) is 30.4. The number of hydrogen-bond donors (Lipinski definition) is 1. The summed E-state index contributed by atoms with van der Waals surface area (Å²) in [7, 11) is -0.662. The monoisotopic (exact) mass is 768 g/mol. The van der Waals surface area contributed by atoms with Gasteiger partial charge in [0.1, 0.15) is 5.75 Å². The number of ether oxygens (including phenoxy) is 2. The molecule has 5 aromatic rings. The van der Waals surface area contributed by atoms with E-state index in [4.69, 9.17) is 14.6 Å². The SMILES string of the molecule is COc1ccc([Si](C)(C)[C@H]2[C@H](CCn3cc(CCO)nn3)O[C@@]3(C(=O)N(Cc4cccc(N5N=C(c6ccccc6)CCC5=O)c4)c4ccccc43)[C@@H]2C)cc1. The van der Waals surface area contributed by atoms with Crippen molar-refractivity contribution in [1.82, 2.24) is 15.0 Å². The lowest BCUT2D eigenvalue weighted by atomic mass is 9.82. The second-order valence-electron chi connectivity index (χ2n) is 15.6. The summed E-state index contributed by atoms with van der Waals surface area (Å²) in [5.74, 6) is 0.513. The van der Waals surface area contributed by atoms with Crippen molar-refractivity contribution in [2.24, 2.45) is 11.0 Å². The highest BCUT2D eigenvalue weighted by Gasteiger charge is 2.66. The Morgan fingerprint density at radius 3 is 2.48 bits per heavy atom. The van der Waals surface area contributed by atoms with Crippen molar-refractivity contribution in [3.8, 4) is 5.75 Å². The fourth-order valence-electron chi connectivity index (χ4n) is 9.19. The van der Waals surface area contributed by atoms with Crippen LogP contribution in [-0.4, -0.2) is 65.5 Å². The van der Waals surface area contributed by atoms with Crippen LogP contribution in [0.15, 0.2) is 114 Å². The molecule has 1 aromatic heterocycles. The molecule has 0 bridgehead atoms. The van der Waals surface area contributed by atoms with Crippen molar-refractivity contribution in [2.45, 2.75) is 76.0 Å². The number of methoxy groups -OCH3 is 1. The number of para-hydroxylation sites is 1. The van der Waals surface area contributed by atoms with Crippen molar-refractivity contribution < 1.29 is 24.2 Å². The van der Waals surface area contributed by atoms with Crippen molar-refractivity contribution in [3.05, 3.63) is 132 Å². The number of amides is 2. The fraction of sp³-hybridized carbons (Fsp3) is 0.341. The van der Waals surface area contributed by atoms with E-state index in [-0.39, 0.29) is 36.0 Å². The Morgan fingerprint density at radius 1 is 0.946 bits per heavy atom. The maximum atomic E-state index is 15.3. The average Bonchev–Trinajstić information content (AvgIpc) is 3.87. The molecule has 1 spiro atoms. The van der Waals surface area contributed by atoms with E-state index in [2.05, 4.69) is 42.5 Å². The lowest BCUT2D eigenvalue weighted by Crippen LogP contribution is -2.51. The topological polar surface area (TPSA) is 122 Å². The van der Waals surface area contributed by atoms with Crippen LogP contribution in [0.25, 0.3) is 0 Å². The normalized spacial score (nSPS) is 22.2. The molecule has 2 amide bonds. The van der Waals surface area contributed by atoms with E-state index >= 15 is 4.79 Å². The largest absolute Gasteiger partial charge is 0.497 e. The Labute approximate surface area is 328 Å². The molecule has 8 rings (SSSR count). The van der Waals surface area contributed by atoms with Gasteiger partial charge in [-0.1, -0.05) is 103 Å². The summed E-state index contributed by atoms with van der Waals surface area (Å²) in [5.41, 5.74) is 4.75. The predicted octanol–water partition coefficient (Wildman–Crippen LogP) is 6.21. The first-order valence-electron chi connectivity index (χ1n) is 19.4. The summed E-state index contributed by atoms with van der Waals surface area (Å²) in [5, 5.41) is 25.6. The molecule has 288 valence electrons. The van der Waals surface area contributed by atoms with Gasteiger partial charge in [0.2, 0.25) is 5.91 Å². The number of carbonyl (C=O) groups excluding carboxylic acids is 2. The first-order chi connectivity index (χ1) is 27.1. The third-order valence-corrected chi connectivity index (χ3v) is 16.3. The smallest absolute Gasteiger partial charge is 0.264 e. The molecule has 56 heavy (non-hydrogen) atoms. The number of anilines is 2. The number of rotatable bonds is 12. The predicted molar refractivity (Wildman–Crippen MR) is 219 cm³/mol. The minimum atomic E-state index is -2.34. The van der Waals surface area contributed by atoms with Crippen LogP contribution >= 0.6 is 0 Å². The summed E-state index contributed by atoms with van der Waals surface area (Å²) in [6.45, 7) is 7.83. The van der Waals surface area contributed by atoms with E-state index in [9.17, 15) is 9.90 Å². The molecule has 0 unspecified atom stereocenters. The minimum Gasteiger partial charge on any atom is -0.497 e. The van der Waals surface area contributed by atoms with Gasteiger partial charge >= 0.3 is 0 Å². The van der Waals surface area contributed by atoms with Gasteiger partial charge in [-0.05, 0) is 53.4 Å². The Hall–Kier alpha value is -5.43. The summed E-state index contributed by atoms with van der Waals surface area (Å²) in [6.07, 6.45) is 3.66. The molecule has 4 atom stereocenters. The number of aliphatic hydroxyl groups excluding tert-OH is 1. The van der Waals surface area contributed by atoms with Gasteiger partial charge in [0.25, 0.3) is 5.91 Å². The van der Waals surface area contributed by atoms with Gasteiger partial charge in [-0.2, -0.15) is 5.10 Å². The molecule has 0 saturated carbocycles.